The van der Waals surface area contributed by atoms with E-state index in [0.717, 1.165) is 17.1 Å². The number of imidazole rings is 2. The molecular formula is C14H14N4O. The first-order valence-electron chi connectivity index (χ1n) is 6.07. The zero-order chi connectivity index (χ0) is 13.2. The maximum absolute atomic E-state index is 9.95. The van der Waals surface area contributed by atoms with Crippen molar-refractivity contribution in [3.05, 3.63) is 54.7 Å². The van der Waals surface area contributed by atoms with Gasteiger partial charge in [0.1, 0.15) is 11.4 Å². The average molecular weight is 254 g/mol. The van der Waals surface area contributed by atoms with Crippen molar-refractivity contribution in [2.45, 2.75) is 13.0 Å². The zero-order valence-electron chi connectivity index (χ0n) is 10.5. The van der Waals surface area contributed by atoms with E-state index in [1.807, 2.05) is 35.9 Å². The summed E-state index contributed by atoms with van der Waals surface area (Å²) in [6, 6.07) is 7.32. The molecule has 1 atom stereocenters. The molecule has 2 N–H and O–H groups in total. The highest BCUT2D eigenvalue weighted by Gasteiger charge is 2.16. The van der Waals surface area contributed by atoms with Gasteiger partial charge >= 0.3 is 0 Å². The number of hydrogen-bond acceptors (Lipinski definition) is 3. The van der Waals surface area contributed by atoms with Gasteiger partial charge in [-0.3, -0.25) is 0 Å². The van der Waals surface area contributed by atoms with Crippen LogP contribution in [0.4, 0.5) is 0 Å². The van der Waals surface area contributed by atoms with Crippen LogP contribution >= 0.6 is 0 Å². The molecule has 19 heavy (non-hydrogen) atoms. The summed E-state index contributed by atoms with van der Waals surface area (Å²) in [5, 5.41) is 9.95. The van der Waals surface area contributed by atoms with E-state index < -0.39 is 0 Å². The molecule has 2 aromatic heterocycles. The van der Waals surface area contributed by atoms with Crippen LogP contribution in [0.1, 0.15) is 18.5 Å². The second-order valence-electron chi connectivity index (χ2n) is 4.36. The second-order valence-corrected chi connectivity index (χ2v) is 4.36. The van der Waals surface area contributed by atoms with Crippen LogP contribution in [-0.2, 0) is 0 Å². The molecular weight excluding hydrogens is 240 g/mol. The molecule has 3 aromatic rings. The minimum absolute atomic E-state index is 0.0120. The number of aromatic nitrogens is 4. The molecule has 0 aliphatic heterocycles. The number of aromatic hydroxyl groups is 1. The Balaban J connectivity index is 2.04. The fourth-order valence-corrected chi connectivity index (χ4v) is 2.20. The van der Waals surface area contributed by atoms with E-state index in [1.165, 1.54) is 0 Å². The molecule has 0 spiro atoms. The average Bonchev–Trinajstić information content (AvgIpc) is 3.09. The third-order valence-corrected chi connectivity index (χ3v) is 3.21. The van der Waals surface area contributed by atoms with Gasteiger partial charge in [-0.25, -0.2) is 9.97 Å². The van der Waals surface area contributed by atoms with Crippen molar-refractivity contribution in [1.29, 1.82) is 0 Å². The molecule has 0 radical (unpaired) electrons. The highest BCUT2D eigenvalue weighted by molar-refractivity contribution is 5.49. The molecule has 5 heteroatoms. The summed E-state index contributed by atoms with van der Waals surface area (Å²) in [7, 11) is 0. The summed E-state index contributed by atoms with van der Waals surface area (Å²) in [4.78, 5) is 11.4. The van der Waals surface area contributed by atoms with Crippen LogP contribution in [0.25, 0.3) is 11.5 Å². The Kier molecular flexibility index (Phi) is 2.79. The number of phenolic OH excluding ortho intramolecular Hbond substituents is 1. The van der Waals surface area contributed by atoms with Crippen molar-refractivity contribution >= 4 is 0 Å². The van der Waals surface area contributed by atoms with Crippen LogP contribution in [0.5, 0.6) is 5.75 Å². The monoisotopic (exact) mass is 254 g/mol. The smallest absolute Gasteiger partial charge is 0.158 e. The van der Waals surface area contributed by atoms with Crippen LogP contribution in [0, 0.1) is 0 Å². The Bertz CT molecular complexity index is 672. The Morgan fingerprint density at radius 3 is 2.89 bits per heavy atom. The van der Waals surface area contributed by atoms with Crippen LogP contribution in [0.3, 0.4) is 0 Å². The van der Waals surface area contributed by atoms with E-state index in [4.69, 9.17) is 0 Å². The molecule has 5 nitrogen and oxygen atoms in total. The molecule has 1 aromatic carbocycles. The van der Waals surface area contributed by atoms with Gasteiger partial charge in [-0.15, -0.1) is 0 Å². The van der Waals surface area contributed by atoms with Crippen molar-refractivity contribution in [2.24, 2.45) is 0 Å². The number of aromatic amines is 1. The van der Waals surface area contributed by atoms with Crippen LogP contribution < -0.4 is 0 Å². The van der Waals surface area contributed by atoms with Gasteiger partial charge in [0.2, 0.25) is 0 Å². The van der Waals surface area contributed by atoms with Gasteiger partial charge in [-0.05, 0) is 13.0 Å². The standard InChI is InChI=1S/C14H14N4O/c1-10(11-4-2-3-5-13(11)19)18-7-6-16-14(18)12-8-15-9-17-12/h2-10,19H,1H3,(H,15,17). The lowest BCUT2D eigenvalue weighted by atomic mass is 10.1. The Morgan fingerprint density at radius 2 is 2.16 bits per heavy atom. The van der Waals surface area contributed by atoms with Gasteiger partial charge in [-0.1, -0.05) is 18.2 Å². The Hall–Kier alpha value is -2.56. The van der Waals surface area contributed by atoms with E-state index >= 15 is 0 Å². The summed E-state index contributed by atoms with van der Waals surface area (Å²) in [6.07, 6.45) is 7.00. The fourth-order valence-electron chi connectivity index (χ4n) is 2.20. The summed E-state index contributed by atoms with van der Waals surface area (Å²) >= 11 is 0. The first-order valence-corrected chi connectivity index (χ1v) is 6.07. The zero-order valence-corrected chi connectivity index (χ0v) is 10.5. The molecule has 0 saturated carbocycles. The maximum atomic E-state index is 9.95. The first-order chi connectivity index (χ1) is 9.27. The summed E-state index contributed by atoms with van der Waals surface area (Å²) in [5.74, 6) is 1.09. The normalized spacial score (nSPS) is 12.5. The van der Waals surface area contributed by atoms with Crippen molar-refractivity contribution in [2.75, 3.05) is 0 Å². The molecule has 0 amide bonds. The van der Waals surface area contributed by atoms with Gasteiger partial charge in [0.05, 0.1) is 18.6 Å². The number of nitrogens with zero attached hydrogens (tertiary/aromatic N) is 3. The topological polar surface area (TPSA) is 66.7 Å². The number of rotatable bonds is 3. The van der Waals surface area contributed by atoms with Crippen molar-refractivity contribution < 1.29 is 5.11 Å². The van der Waals surface area contributed by atoms with E-state index in [-0.39, 0.29) is 6.04 Å². The maximum Gasteiger partial charge on any atom is 0.158 e. The van der Waals surface area contributed by atoms with Crippen LogP contribution in [0.15, 0.2) is 49.2 Å². The third kappa shape index (κ3) is 1.99. The number of hydrogen-bond donors (Lipinski definition) is 2. The van der Waals surface area contributed by atoms with Crippen molar-refractivity contribution in [1.82, 2.24) is 19.5 Å². The molecule has 1 unspecified atom stereocenters. The minimum Gasteiger partial charge on any atom is -0.508 e. The van der Waals surface area contributed by atoms with Crippen molar-refractivity contribution in [3.63, 3.8) is 0 Å². The SMILES string of the molecule is CC(c1ccccc1O)n1ccnc1-c1cnc[nH]1. The molecule has 3 rings (SSSR count). The van der Waals surface area contributed by atoms with E-state index in [1.54, 1.807) is 24.8 Å². The first kappa shape index (κ1) is 11.5. The van der Waals surface area contributed by atoms with Crippen LogP contribution in [-0.4, -0.2) is 24.6 Å². The molecule has 2 heterocycles. The highest BCUT2D eigenvalue weighted by Crippen LogP contribution is 2.29. The minimum atomic E-state index is -0.0120. The largest absolute Gasteiger partial charge is 0.508 e. The number of H-pyrrole nitrogens is 1. The molecule has 96 valence electrons. The van der Waals surface area contributed by atoms with Gasteiger partial charge < -0.3 is 14.7 Å². The summed E-state index contributed by atoms with van der Waals surface area (Å²) in [6.45, 7) is 2.02. The molecule has 0 fully saturated rings. The van der Waals surface area contributed by atoms with Gasteiger partial charge in [0.25, 0.3) is 0 Å². The van der Waals surface area contributed by atoms with Gasteiger partial charge in [0.15, 0.2) is 5.82 Å². The van der Waals surface area contributed by atoms with E-state index in [2.05, 4.69) is 15.0 Å². The van der Waals surface area contributed by atoms with E-state index in [9.17, 15) is 5.11 Å². The summed E-state index contributed by atoms with van der Waals surface area (Å²) in [5.41, 5.74) is 1.72. The Labute approximate surface area is 110 Å². The van der Waals surface area contributed by atoms with Crippen LogP contribution in [0.2, 0.25) is 0 Å². The van der Waals surface area contributed by atoms with Crippen molar-refractivity contribution in [3.8, 4) is 17.3 Å². The van der Waals surface area contributed by atoms with E-state index in [0.29, 0.717) is 5.75 Å². The summed E-state index contributed by atoms with van der Waals surface area (Å²) < 4.78 is 2.00. The van der Waals surface area contributed by atoms with Gasteiger partial charge in [-0.2, -0.15) is 0 Å². The molecule has 0 saturated heterocycles. The number of benzene rings is 1. The lowest BCUT2D eigenvalue weighted by molar-refractivity contribution is 0.457. The quantitative estimate of drug-likeness (QED) is 0.755. The predicted molar refractivity (Wildman–Crippen MR) is 71.7 cm³/mol. The second kappa shape index (κ2) is 4.61. The fraction of sp³-hybridized carbons (Fsp3) is 0.143. The molecule has 0 aliphatic rings. The number of phenols is 1. The third-order valence-electron chi connectivity index (χ3n) is 3.21. The number of para-hydroxylation sites is 1. The van der Waals surface area contributed by atoms with Gasteiger partial charge in [0, 0.05) is 18.0 Å². The highest BCUT2D eigenvalue weighted by atomic mass is 16.3. The molecule has 0 aliphatic carbocycles. The lowest BCUT2D eigenvalue weighted by Crippen LogP contribution is -2.07. The lowest BCUT2D eigenvalue weighted by Gasteiger charge is -2.17. The number of nitrogens with one attached hydrogen (secondary N) is 1. The molecule has 0 bridgehead atoms. The predicted octanol–water partition coefficient (Wildman–Crippen LogP) is 2.59. The Morgan fingerprint density at radius 1 is 1.32 bits per heavy atom.